The highest BCUT2D eigenvalue weighted by atomic mass is 32.2. The molecule has 1 amide bonds. The summed E-state index contributed by atoms with van der Waals surface area (Å²) >= 11 is 3.12. The van der Waals surface area contributed by atoms with Crippen molar-refractivity contribution in [2.45, 2.75) is 36.8 Å². The van der Waals surface area contributed by atoms with Crippen LogP contribution in [0.5, 0.6) is 0 Å². The lowest BCUT2D eigenvalue weighted by atomic mass is 10.1. The van der Waals surface area contributed by atoms with Crippen LogP contribution >= 0.6 is 23.1 Å². The molecule has 1 aromatic heterocycles. The summed E-state index contributed by atoms with van der Waals surface area (Å²) in [6.07, 6.45) is 0.701. The van der Waals surface area contributed by atoms with Gasteiger partial charge in [-0.15, -0.1) is 11.3 Å². The highest BCUT2D eigenvalue weighted by Gasteiger charge is 2.15. The van der Waals surface area contributed by atoms with E-state index in [1.54, 1.807) is 42.2 Å². The maximum Gasteiger partial charge on any atom is 0.338 e. The third kappa shape index (κ3) is 8.25. The summed E-state index contributed by atoms with van der Waals surface area (Å²) in [6.45, 7) is 3.96. The molecule has 1 N–H and O–H groups in total. The number of rotatable bonds is 11. The van der Waals surface area contributed by atoms with Crippen molar-refractivity contribution in [1.82, 2.24) is 10.3 Å². The number of aryl methyl sites for hydroxylation is 1. The predicted octanol–water partition coefficient (Wildman–Crippen LogP) is 3.36. The Labute approximate surface area is 178 Å². The van der Waals surface area contributed by atoms with Gasteiger partial charge < -0.3 is 14.8 Å². The van der Waals surface area contributed by atoms with Crippen LogP contribution in [0.4, 0.5) is 0 Å². The van der Waals surface area contributed by atoms with Crippen LogP contribution in [0.1, 0.15) is 41.4 Å². The first-order chi connectivity index (χ1) is 14.0. The second-order valence-electron chi connectivity index (χ2n) is 6.04. The number of carbonyl (C=O) groups is 3. The Bertz CT molecular complexity index is 838. The maximum atomic E-state index is 12.4. The van der Waals surface area contributed by atoms with E-state index < -0.39 is 11.9 Å². The first kappa shape index (κ1) is 22.9. The fourth-order valence-electron chi connectivity index (χ4n) is 2.34. The quantitative estimate of drug-likeness (QED) is 0.328. The summed E-state index contributed by atoms with van der Waals surface area (Å²) in [5, 5.41) is 4.60. The molecule has 156 valence electrons. The van der Waals surface area contributed by atoms with Crippen LogP contribution in [0.15, 0.2) is 34.0 Å². The average Bonchev–Trinajstić information content (AvgIpc) is 3.13. The highest BCUT2D eigenvalue weighted by Crippen LogP contribution is 2.27. The van der Waals surface area contributed by atoms with Gasteiger partial charge in [0.15, 0.2) is 6.61 Å². The number of ether oxygens (including phenoxy) is 2. The summed E-state index contributed by atoms with van der Waals surface area (Å²) in [5.41, 5.74) is 2.23. The van der Waals surface area contributed by atoms with Crippen molar-refractivity contribution in [1.29, 1.82) is 0 Å². The standard InChI is InChI=1S/C20H24N2O5S2/c1-3-26-18(24)9-6-10-21-17(23)11-27-19(25)16-8-5-4-7-15(16)13-29-20-22-14(2)12-28-20/h4-5,7-8,12H,3,6,9-11,13H2,1-2H3,(H,21,23). The summed E-state index contributed by atoms with van der Waals surface area (Å²) in [4.78, 5) is 39.8. The molecule has 1 aromatic carbocycles. The molecule has 0 spiro atoms. The summed E-state index contributed by atoms with van der Waals surface area (Å²) in [6, 6.07) is 7.16. The second kappa shape index (κ2) is 12.2. The molecule has 2 rings (SSSR count). The van der Waals surface area contributed by atoms with E-state index in [4.69, 9.17) is 9.47 Å². The smallest absolute Gasteiger partial charge is 0.338 e. The van der Waals surface area contributed by atoms with Crippen molar-refractivity contribution in [3.63, 3.8) is 0 Å². The zero-order valence-electron chi connectivity index (χ0n) is 16.4. The Hall–Kier alpha value is -2.39. The number of aromatic nitrogens is 1. The van der Waals surface area contributed by atoms with E-state index in [2.05, 4.69) is 10.3 Å². The maximum absolute atomic E-state index is 12.4. The molecule has 0 aliphatic rings. The zero-order valence-corrected chi connectivity index (χ0v) is 18.1. The number of amides is 1. The third-order valence-electron chi connectivity index (χ3n) is 3.71. The van der Waals surface area contributed by atoms with Crippen molar-refractivity contribution in [3.05, 3.63) is 46.5 Å². The van der Waals surface area contributed by atoms with E-state index in [0.29, 0.717) is 30.9 Å². The molecule has 2 aromatic rings. The molecule has 0 atom stereocenters. The molecule has 0 fully saturated rings. The van der Waals surface area contributed by atoms with Gasteiger partial charge in [0.05, 0.1) is 12.2 Å². The van der Waals surface area contributed by atoms with Gasteiger partial charge in [0, 0.05) is 29.8 Å². The fraction of sp³-hybridized carbons (Fsp3) is 0.400. The molecule has 0 aliphatic heterocycles. The van der Waals surface area contributed by atoms with Gasteiger partial charge in [-0.25, -0.2) is 9.78 Å². The van der Waals surface area contributed by atoms with Crippen molar-refractivity contribution in [2.75, 3.05) is 19.8 Å². The molecule has 0 bridgehead atoms. The van der Waals surface area contributed by atoms with Crippen molar-refractivity contribution < 1.29 is 23.9 Å². The fourth-order valence-corrected chi connectivity index (χ4v) is 4.19. The number of hydrogen-bond acceptors (Lipinski definition) is 8. The predicted molar refractivity (Wildman–Crippen MR) is 112 cm³/mol. The van der Waals surface area contributed by atoms with Gasteiger partial charge in [-0.05, 0) is 31.9 Å². The Balaban J connectivity index is 1.77. The van der Waals surface area contributed by atoms with E-state index >= 15 is 0 Å². The number of nitrogens with zero attached hydrogens (tertiary/aromatic N) is 1. The summed E-state index contributed by atoms with van der Waals surface area (Å²) in [7, 11) is 0. The zero-order chi connectivity index (χ0) is 21.1. The van der Waals surface area contributed by atoms with Crippen molar-refractivity contribution in [3.8, 4) is 0 Å². The van der Waals surface area contributed by atoms with Gasteiger partial charge in [0.2, 0.25) is 0 Å². The minimum Gasteiger partial charge on any atom is -0.466 e. The van der Waals surface area contributed by atoms with Crippen LogP contribution in [0.25, 0.3) is 0 Å². The number of nitrogens with one attached hydrogen (secondary N) is 1. The average molecular weight is 437 g/mol. The molecular weight excluding hydrogens is 412 g/mol. The molecule has 0 unspecified atom stereocenters. The van der Waals surface area contributed by atoms with E-state index in [1.807, 2.05) is 24.4 Å². The van der Waals surface area contributed by atoms with E-state index in [9.17, 15) is 14.4 Å². The SMILES string of the molecule is CCOC(=O)CCCNC(=O)COC(=O)c1ccccc1CSc1nc(C)cs1. The lowest BCUT2D eigenvalue weighted by Gasteiger charge is -2.09. The highest BCUT2D eigenvalue weighted by molar-refractivity contribution is 8.00. The Morgan fingerprint density at radius 2 is 2.00 bits per heavy atom. The van der Waals surface area contributed by atoms with Gasteiger partial charge in [0.1, 0.15) is 4.34 Å². The van der Waals surface area contributed by atoms with E-state index in [-0.39, 0.29) is 19.0 Å². The third-order valence-corrected chi connectivity index (χ3v) is 5.89. The van der Waals surface area contributed by atoms with Gasteiger partial charge in [0.25, 0.3) is 5.91 Å². The van der Waals surface area contributed by atoms with Gasteiger partial charge >= 0.3 is 11.9 Å². The normalized spacial score (nSPS) is 10.4. The largest absolute Gasteiger partial charge is 0.466 e. The van der Waals surface area contributed by atoms with E-state index in [0.717, 1.165) is 15.6 Å². The number of carbonyl (C=O) groups excluding carboxylic acids is 3. The van der Waals surface area contributed by atoms with Crippen LogP contribution in [0, 0.1) is 6.92 Å². The number of benzene rings is 1. The molecule has 0 saturated carbocycles. The summed E-state index contributed by atoms with van der Waals surface area (Å²) in [5.74, 6) is -0.667. The first-order valence-electron chi connectivity index (χ1n) is 9.22. The van der Waals surface area contributed by atoms with Crippen LogP contribution in [-0.2, 0) is 24.8 Å². The Kier molecular flexibility index (Phi) is 9.66. The van der Waals surface area contributed by atoms with Crippen LogP contribution in [0.3, 0.4) is 0 Å². The van der Waals surface area contributed by atoms with Crippen molar-refractivity contribution in [2.24, 2.45) is 0 Å². The van der Waals surface area contributed by atoms with Gasteiger partial charge in [-0.1, -0.05) is 30.0 Å². The van der Waals surface area contributed by atoms with Crippen LogP contribution < -0.4 is 5.32 Å². The topological polar surface area (TPSA) is 94.6 Å². The molecular formula is C20H24N2O5S2. The van der Waals surface area contributed by atoms with Crippen LogP contribution in [-0.4, -0.2) is 42.6 Å². The lowest BCUT2D eigenvalue weighted by Crippen LogP contribution is -2.30. The molecule has 0 aliphatic carbocycles. The molecule has 0 radical (unpaired) electrons. The molecule has 29 heavy (non-hydrogen) atoms. The molecule has 7 nitrogen and oxygen atoms in total. The Morgan fingerprint density at radius 1 is 1.21 bits per heavy atom. The molecule has 0 saturated heterocycles. The minimum absolute atomic E-state index is 0.234. The van der Waals surface area contributed by atoms with E-state index in [1.165, 1.54) is 0 Å². The first-order valence-corrected chi connectivity index (χ1v) is 11.1. The lowest BCUT2D eigenvalue weighted by molar-refractivity contribution is -0.143. The number of thioether (sulfide) groups is 1. The van der Waals surface area contributed by atoms with Crippen molar-refractivity contribution >= 4 is 40.9 Å². The second-order valence-corrected chi connectivity index (χ2v) is 8.12. The summed E-state index contributed by atoms with van der Waals surface area (Å²) < 4.78 is 10.9. The molecule has 1 heterocycles. The Morgan fingerprint density at radius 3 is 2.72 bits per heavy atom. The van der Waals surface area contributed by atoms with Crippen LogP contribution in [0.2, 0.25) is 0 Å². The minimum atomic E-state index is -0.543. The van der Waals surface area contributed by atoms with Gasteiger partial charge in [-0.2, -0.15) is 0 Å². The number of esters is 2. The number of thiazole rings is 1. The number of hydrogen-bond donors (Lipinski definition) is 1. The molecule has 9 heteroatoms. The van der Waals surface area contributed by atoms with Gasteiger partial charge in [-0.3, -0.25) is 9.59 Å². The monoisotopic (exact) mass is 436 g/mol.